The van der Waals surface area contributed by atoms with Crippen LogP contribution in [0.15, 0.2) is 48.8 Å². The molecule has 0 spiro atoms. The summed E-state index contributed by atoms with van der Waals surface area (Å²) in [7, 11) is 0. The minimum Gasteiger partial charge on any atom is -0.619 e. The van der Waals surface area contributed by atoms with E-state index in [2.05, 4.69) is 27.7 Å². The molecule has 0 aliphatic carbocycles. The second-order valence-corrected chi connectivity index (χ2v) is 7.40. The van der Waals surface area contributed by atoms with Crippen LogP contribution in [-0.2, 0) is 6.54 Å². The van der Waals surface area contributed by atoms with Gasteiger partial charge < -0.3 is 25.7 Å². The summed E-state index contributed by atoms with van der Waals surface area (Å²) < 4.78 is 6.36. The molecule has 1 unspecified atom stereocenters. The molecule has 1 atom stereocenters. The normalized spacial score (nSPS) is 16.9. The number of nitrogens with zero attached hydrogens (tertiary/aromatic N) is 2. The molecule has 30 heavy (non-hydrogen) atoms. The zero-order valence-corrected chi connectivity index (χ0v) is 17.1. The van der Waals surface area contributed by atoms with Gasteiger partial charge in [-0.15, -0.1) is 0 Å². The van der Waals surface area contributed by atoms with Crippen molar-refractivity contribution in [3.05, 3.63) is 65.1 Å². The largest absolute Gasteiger partial charge is 0.619 e. The molecule has 0 bridgehead atoms. The molecule has 0 radical (unpaired) electrons. The Morgan fingerprint density at radius 1 is 1.33 bits per heavy atom. The molecule has 1 aromatic heterocycles. The number of hydrogen-bond donors (Lipinski definition) is 3. The summed E-state index contributed by atoms with van der Waals surface area (Å²) in [5.74, 6) is 0.532. The Balaban J connectivity index is 1.37. The van der Waals surface area contributed by atoms with E-state index in [1.807, 2.05) is 12.1 Å². The Morgan fingerprint density at radius 2 is 2.17 bits per heavy atom. The fraction of sp³-hybridized carbons (Fsp3) is 0.455. The van der Waals surface area contributed by atoms with Gasteiger partial charge >= 0.3 is 0 Å². The van der Waals surface area contributed by atoms with E-state index in [0.717, 1.165) is 38.3 Å². The fourth-order valence-corrected chi connectivity index (χ4v) is 3.53. The third kappa shape index (κ3) is 6.69. The number of piperazine rings is 1. The van der Waals surface area contributed by atoms with Gasteiger partial charge in [0.05, 0.1) is 6.61 Å². The number of aliphatic hydroxyl groups is 1. The molecule has 0 saturated carbocycles. The van der Waals surface area contributed by atoms with E-state index in [1.54, 1.807) is 12.1 Å². The zero-order chi connectivity index (χ0) is 21.2. The number of aromatic nitrogens is 1. The molecule has 162 valence electrons. The highest BCUT2D eigenvalue weighted by Crippen LogP contribution is 2.16. The smallest absolute Gasteiger partial charge is 0.257 e. The van der Waals surface area contributed by atoms with Gasteiger partial charge in [0.1, 0.15) is 11.3 Å². The Bertz CT molecular complexity index is 798. The predicted molar refractivity (Wildman–Crippen MR) is 113 cm³/mol. The molecule has 1 fully saturated rings. The van der Waals surface area contributed by atoms with Crippen LogP contribution in [0.4, 0.5) is 0 Å². The number of hydrogen-bond acceptors (Lipinski definition) is 6. The lowest BCUT2D eigenvalue weighted by Crippen LogP contribution is -2.51. The number of carbonyl (C=O) groups is 1. The van der Waals surface area contributed by atoms with Gasteiger partial charge in [-0.05, 0) is 36.6 Å². The molecule has 3 rings (SSSR count). The molecule has 1 saturated heterocycles. The lowest BCUT2D eigenvalue weighted by molar-refractivity contribution is -0.605. The van der Waals surface area contributed by atoms with E-state index in [0.29, 0.717) is 35.9 Å². The van der Waals surface area contributed by atoms with Crippen LogP contribution in [0.3, 0.4) is 0 Å². The van der Waals surface area contributed by atoms with Crippen molar-refractivity contribution in [2.75, 3.05) is 39.4 Å². The van der Waals surface area contributed by atoms with Gasteiger partial charge in [0.15, 0.2) is 12.4 Å². The van der Waals surface area contributed by atoms with Gasteiger partial charge in [0.25, 0.3) is 5.91 Å². The van der Waals surface area contributed by atoms with Gasteiger partial charge in [-0.3, -0.25) is 9.69 Å². The minimum absolute atomic E-state index is 0.208. The van der Waals surface area contributed by atoms with Crippen molar-refractivity contribution in [3.8, 4) is 5.75 Å². The summed E-state index contributed by atoms with van der Waals surface area (Å²) in [6.45, 7) is 4.90. The maximum absolute atomic E-state index is 12.0. The Hall–Kier alpha value is -2.68. The van der Waals surface area contributed by atoms with Crippen LogP contribution in [0.1, 0.15) is 28.8 Å². The quantitative estimate of drug-likeness (QED) is 0.300. The summed E-state index contributed by atoms with van der Waals surface area (Å²) in [4.78, 5) is 14.4. The van der Waals surface area contributed by atoms with Crippen molar-refractivity contribution in [1.29, 1.82) is 0 Å². The average Bonchev–Trinajstić information content (AvgIpc) is 2.76. The molecule has 8 heteroatoms. The number of carbonyl (C=O) groups excluding carboxylic acids is 1. The Kier molecular flexibility index (Phi) is 8.43. The summed E-state index contributed by atoms with van der Waals surface area (Å²) in [6, 6.07) is 11.6. The number of aliphatic hydroxyl groups excluding tert-OH is 1. The number of amides is 1. The third-order valence-corrected chi connectivity index (χ3v) is 5.16. The number of ether oxygens (including phenoxy) is 1. The van der Waals surface area contributed by atoms with Crippen molar-refractivity contribution in [3.63, 3.8) is 0 Å². The maximum Gasteiger partial charge on any atom is 0.257 e. The van der Waals surface area contributed by atoms with Gasteiger partial charge in [0.2, 0.25) is 0 Å². The van der Waals surface area contributed by atoms with Gasteiger partial charge in [0, 0.05) is 51.4 Å². The van der Waals surface area contributed by atoms with Crippen molar-refractivity contribution < 1.29 is 19.4 Å². The average molecular weight is 415 g/mol. The van der Waals surface area contributed by atoms with Crippen molar-refractivity contribution in [2.45, 2.75) is 25.4 Å². The number of pyridine rings is 1. The highest BCUT2D eigenvalue weighted by Gasteiger charge is 2.21. The molecule has 1 aliphatic heterocycles. The summed E-state index contributed by atoms with van der Waals surface area (Å²) in [5.41, 5.74) is 1.56. The first kappa shape index (κ1) is 22.0. The standard InChI is InChI=1S/C22H30N4O4/c27-13-8-20-15-23-10-12-25(20)16-18-4-6-21(7-5-18)30-14-2-9-24-22(28)19-3-1-11-26(29)17-19/h1,3-7,11,17,20,23,27H,2,8-10,12-16H2,(H,24,28). The SMILES string of the molecule is O=C(NCCCOc1ccc(CN2CCNCC2CCO)cc1)c1ccc[n+]([O-])c1. The van der Waals surface area contributed by atoms with Crippen LogP contribution >= 0.6 is 0 Å². The van der Waals surface area contributed by atoms with Crippen LogP contribution in [-0.4, -0.2) is 61.3 Å². The molecule has 1 amide bonds. The molecule has 1 aromatic carbocycles. The molecule has 2 aromatic rings. The van der Waals surface area contributed by atoms with E-state index in [9.17, 15) is 15.1 Å². The summed E-state index contributed by atoms with van der Waals surface area (Å²) >= 11 is 0. The van der Waals surface area contributed by atoms with Gasteiger partial charge in [-0.25, -0.2) is 0 Å². The number of rotatable bonds is 10. The minimum atomic E-state index is -0.267. The van der Waals surface area contributed by atoms with Crippen LogP contribution in [0.2, 0.25) is 0 Å². The third-order valence-electron chi connectivity index (χ3n) is 5.16. The van der Waals surface area contributed by atoms with Crippen LogP contribution in [0, 0.1) is 5.21 Å². The summed E-state index contributed by atoms with van der Waals surface area (Å²) in [6.07, 6.45) is 4.04. The fourth-order valence-electron chi connectivity index (χ4n) is 3.53. The maximum atomic E-state index is 12.0. The Labute approximate surface area is 177 Å². The predicted octanol–water partition coefficient (Wildman–Crippen LogP) is 0.675. The Morgan fingerprint density at radius 3 is 2.93 bits per heavy atom. The second kappa shape index (κ2) is 11.5. The van der Waals surface area contributed by atoms with Crippen molar-refractivity contribution in [1.82, 2.24) is 15.5 Å². The summed E-state index contributed by atoms with van der Waals surface area (Å²) in [5, 5.41) is 26.6. The number of benzene rings is 1. The molecule has 3 N–H and O–H groups in total. The number of nitrogens with one attached hydrogen (secondary N) is 2. The second-order valence-electron chi connectivity index (χ2n) is 7.40. The van der Waals surface area contributed by atoms with E-state index in [4.69, 9.17) is 4.74 Å². The topological polar surface area (TPSA) is 101 Å². The first-order valence-electron chi connectivity index (χ1n) is 10.4. The lowest BCUT2D eigenvalue weighted by Gasteiger charge is -2.36. The van der Waals surface area contributed by atoms with Gasteiger partial charge in [-0.2, -0.15) is 4.73 Å². The first-order chi connectivity index (χ1) is 14.7. The van der Waals surface area contributed by atoms with Crippen molar-refractivity contribution >= 4 is 5.91 Å². The lowest BCUT2D eigenvalue weighted by atomic mass is 10.1. The highest BCUT2D eigenvalue weighted by atomic mass is 16.5. The highest BCUT2D eigenvalue weighted by molar-refractivity contribution is 5.93. The van der Waals surface area contributed by atoms with Crippen LogP contribution in [0.5, 0.6) is 5.75 Å². The molecule has 2 heterocycles. The molecular formula is C22H30N4O4. The van der Waals surface area contributed by atoms with E-state index in [1.165, 1.54) is 18.0 Å². The molecule has 8 nitrogen and oxygen atoms in total. The monoisotopic (exact) mass is 414 g/mol. The van der Waals surface area contributed by atoms with Gasteiger partial charge in [-0.1, -0.05) is 12.1 Å². The van der Waals surface area contributed by atoms with Crippen molar-refractivity contribution in [2.24, 2.45) is 0 Å². The first-order valence-corrected chi connectivity index (χ1v) is 10.4. The van der Waals surface area contributed by atoms with Crippen LogP contribution < -0.4 is 20.1 Å². The van der Waals surface area contributed by atoms with E-state index in [-0.39, 0.29) is 12.5 Å². The zero-order valence-electron chi connectivity index (χ0n) is 17.1. The van der Waals surface area contributed by atoms with E-state index >= 15 is 0 Å². The van der Waals surface area contributed by atoms with E-state index < -0.39 is 0 Å². The van der Waals surface area contributed by atoms with Crippen LogP contribution in [0.25, 0.3) is 0 Å². The molecule has 1 aliphatic rings. The molecular weight excluding hydrogens is 384 g/mol.